The molecule has 0 fully saturated rings. The number of nitrogens with one attached hydrogen (secondary N) is 2. The van der Waals surface area contributed by atoms with E-state index in [1.165, 1.54) is 0 Å². The first kappa shape index (κ1) is 17.5. The van der Waals surface area contributed by atoms with Crippen molar-refractivity contribution in [1.82, 2.24) is 10.6 Å². The van der Waals surface area contributed by atoms with Gasteiger partial charge in [-0.05, 0) is 24.6 Å². The average molecular weight is 326 g/mol. The van der Waals surface area contributed by atoms with E-state index in [4.69, 9.17) is 4.74 Å². The van der Waals surface area contributed by atoms with Crippen molar-refractivity contribution >= 4 is 11.8 Å². The topological polar surface area (TPSA) is 67.4 Å². The minimum absolute atomic E-state index is 0.0464. The van der Waals surface area contributed by atoms with Crippen LogP contribution in [0.2, 0.25) is 0 Å². The Morgan fingerprint density at radius 1 is 0.958 bits per heavy atom. The first-order chi connectivity index (χ1) is 11.7. The van der Waals surface area contributed by atoms with Crippen molar-refractivity contribution < 1.29 is 14.3 Å². The lowest BCUT2D eigenvalue weighted by Gasteiger charge is -2.09. The molecule has 0 saturated carbocycles. The summed E-state index contributed by atoms with van der Waals surface area (Å²) < 4.78 is 5.25. The SMILES string of the molecule is COc1ccccc1CNC(=O)CCCNC(=O)c1ccccc1. The molecule has 0 aliphatic rings. The number of para-hydroxylation sites is 1. The Morgan fingerprint density at radius 3 is 2.42 bits per heavy atom. The molecule has 0 saturated heterocycles. The van der Waals surface area contributed by atoms with Gasteiger partial charge in [0.15, 0.2) is 0 Å². The molecule has 0 unspecified atom stereocenters. The Balaban J connectivity index is 1.66. The van der Waals surface area contributed by atoms with Crippen molar-refractivity contribution in [3.8, 4) is 5.75 Å². The van der Waals surface area contributed by atoms with E-state index >= 15 is 0 Å². The van der Waals surface area contributed by atoms with Crippen molar-refractivity contribution in [3.05, 3.63) is 65.7 Å². The van der Waals surface area contributed by atoms with Gasteiger partial charge < -0.3 is 15.4 Å². The molecule has 2 rings (SSSR count). The van der Waals surface area contributed by atoms with Crippen LogP contribution in [0.25, 0.3) is 0 Å². The van der Waals surface area contributed by atoms with E-state index in [9.17, 15) is 9.59 Å². The number of hydrogen-bond donors (Lipinski definition) is 2. The molecule has 126 valence electrons. The molecule has 0 spiro atoms. The van der Waals surface area contributed by atoms with E-state index in [0.717, 1.165) is 11.3 Å². The van der Waals surface area contributed by atoms with Gasteiger partial charge in [0.05, 0.1) is 7.11 Å². The average Bonchev–Trinajstić information content (AvgIpc) is 2.64. The Labute approximate surface area is 142 Å². The molecule has 0 aliphatic carbocycles. The van der Waals surface area contributed by atoms with Crippen LogP contribution in [0.3, 0.4) is 0 Å². The number of methoxy groups -OCH3 is 1. The van der Waals surface area contributed by atoms with Gasteiger partial charge in [-0.3, -0.25) is 9.59 Å². The summed E-state index contributed by atoms with van der Waals surface area (Å²) in [5.74, 6) is 0.591. The smallest absolute Gasteiger partial charge is 0.251 e. The Kier molecular flexibility index (Phi) is 6.83. The molecule has 0 heterocycles. The summed E-state index contributed by atoms with van der Waals surface area (Å²) >= 11 is 0. The highest BCUT2D eigenvalue weighted by Gasteiger charge is 2.06. The maximum Gasteiger partial charge on any atom is 0.251 e. The molecule has 0 radical (unpaired) electrons. The predicted octanol–water partition coefficient (Wildman–Crippen LogP) is 2.52. The molecule has 2 N–H and O–H groups in total. The van der Waals surface area contributed by atoms with Gasteiger partial charge in [0.25, 0.3) is 5.91 Å². The molecule has 2 aromatic carbocycles. The summed E-state index contributed by atoms with van der Waals surface area (Å²) in [5, 5.41) is 5.67. The fourth-order valence-corrected chi connectivity index (χ4v) is 2.27. The summed E-state index contributed by atoms with van der Waals surface area (Å²) in [4.78, 5) is 23.7. The maximum absolute atomic E-state index is 11.9. The number of hydrogen-bond acceptors (Lipinski definition) is 3. The molecule has 0 bridgehead atoms. The molecular weight excluding hydrogens is 304 g/mol. The van der Waals surface area contributed by atoms with Gasteiger partial charge in [-0.25, -0.2) is 0 Å². The molecule has 5 heteroatoms. The third kappa shape index (κ3) is 5.43. The van der Waals surface area contributed by atoms with Crippen LogP contribution in [-0.4, -0.2) is 25.5 Å². The third-order valence-electron chi connectivity index (χ3n) is 3.57. The standard InChI is InChI=1S/C19H22N2O3/c1-24-17-11-6-5-10-16(17)14-21-18(22)12-7-13-20-19(23)15-8-3-2-4-9-15/h2-6,8-11H,7,12-14H2,1H3,(H,20,23)(H,21,22). The van der Waals surface area contributed by atoms with E-state index in [0.29, 0.717) is 31.5 Å². The van der Waals surface area contributed by atoms with E-state index in [-0.39, 0.29) is 11.8 Å². The summed E-state index contributed by atoms with van der Waals surface area (Å²) in [6.07, 6.45) is 0.959. The number of benzene rings is 2. The van der Waals surface area contributed by atoms with Gasteiger partial charge in [0.2, 0.25) is 5.91 Å². The van der Waals surface area contributed by atoms with Crippen LogP contribution in [-0.2, 0) is 11.3 Å². The largest absolute Gasteiger partial charge is 0.496 e. The predicted molar refractivity (Wildman–Crippen MR) is 92.8 cm³/mol. The summed E-state index contributed by atoms with van der Waals surface area (Å²) in [5.41, 5.74) is 1.56. The molecule has 0 aliphatic heterocycles. The normalized spacial score (nSPS) is 10.0. The fraction of sp³-hybridized carbons (Fsp3) is 0.263. The number of carbonyl (C=O) groups is 2. The third-order valence-corrected chi connectivity index (χ3v) is 3.57. The zero-order valence-electron chi connectivity index (χ0n) is 13.7. The molecular formula is C19H22N2O3. The fourth-order valence-electron chi connectivity index (χ4n) is 2.27. The molecule has 24 heavy (non-hydrogen) atoms. The van der Waals surface area contributed by atoms with E-state index in [2.05, 4.69) is 10.6 Å². The molecule has 2 amide bonds. The minimum atomic E-state index is -0.120. The number of carbonyl (C=O) groups excluding carboxylic acids is 2. The van der Waals surface area contributed by atoms with Crippen molar-refractivity contribution in [2.45, 2.75) is 19.4 Å². The van der Waals surface area contributed by atoms with Crippen LogP contribution in [0.1, 0.15) is 28.8 Å². The van der Waals surface area contributed by atoms with Crippen LogP contribution < -0.4 is 15.4 Å². The quantitative estimate of drug-likeness (QED) is 0.733. The second-order valence-electron chi connectivity index (χ2n) is 5.31. The first-order valence-electron chi connectivity index (χ1n) is 7.92. The van der Waals surface area contributed by atoms with E-state index < -0.39 is 0 Å². The lowest BCUT2D eigenvalue weighted by Crippen LogP contribution is -2.27. The lowest BCUT2D eigenvalue weighted by atomic mass is 10.2. The van der Waals surface area contributed by atoms with E-state index in [1.807, 2.05) is 42.5 Å². The molecule has 0 aromatic heterocycles. The van der Waals surface area contributed by atoms with Crippen molar-refractivity contribution in [2.24, 2.45) is 0 Å². The highest BCUT2D eigenvalue weighted by Crippen LogP contribution is 2.16. The van der Waals surface area contributed by atoms with Crippen LogP contribution in [0.4, 0.5) is 0 Å². The number of rotatable bonds is 8. The van der Waals surface area contributed by atoms with Crippen molar-refractivity contribution in [2.75, 3.05) is 13.7 Å². The molecule has 0 atom stereocenters. The van der Waals surface area contributed by atoms with Crippen molar-refractivity contribution in [1.29, 1.82) is 0 Å². The second kappa shape index (κ2) is 9.35. The zero-order chi connectivity index (χ0) is 17.2. The molecule has 5 nitrogen and oxygen atoms in total. The van der Waals surface area contributed by atoms with Crippen molar-refractivity contribution in [3.63, 3.8) is 0 Å². The lowest BCUT2D eigenvalue weighted by molar-refractivity contribution is -0.121. The second-order valence-corrected chi connectivity index (χ2v) is 5.31. The zero-order valence-corrected chi connectivity index (χ0v) is 13.7. The van der Waals surface area contributed by atoms with Gasteiger partial charge in [-0.15, -0.1) is 0 Å². The highest BCUT2D eigenvalue weighted by atomic mass is 16.5. The minimum Gasteiger partial charge on any atom is -0.496 e. The summed E-state index contributed by atoms with van der Waals surface area (Å²) in [6, 6.07) is 16.6. The number of ether oxygens (including phenoxy) is 1. The van der Waals surface area contributed by atoms with Crippen LogP contribution in [0.15, 0.2) is 54.6 Å². The van der Waals surface area contributed by atoms with Gasteiger partial charge in [-0.2, -0.15) is 0 Å². The summed E-state index contributed by atoms with van der Waals surface area (Å²) in [6.45, 7) is 0.898. The first-order valence-corrected chi connectivity index (χ1v) is 7.92. The van der Waals surface area contributed by atoms with Gasteiger partial charge in [0, 0.05) is 30.6 Å². The van der Waals surface area contributed by atoms with Gasteiger partial charge in [-0.1, -0.05) is 36.4 Å². The van der Waals surface area contributed by atoms with Gasteiger partial charge >= 0.3 is 0 Å². The van der Waals surface area contributed by atoms with Crippen LogP contribution >= 0.6 is 0 Å². The van der Waals surface area contributed by atoms with Crippen LogP contribution in [0.5, 0.6) is 5.75 Å². The maximum atomic E-state index is 11.9. The van der Waals surface area contributed by atoms with Crippen LogP contribution in [0, 0.1) is 0 Å². The molecule has 2 aromatic rings. The Bertz CT molecular complexity index is 671. The Hall–Kier alpha value is -2.82. The highest BCUT2D eigenvalue weighted by molar-refractivity contribution is 5.94. The summed E-state index contributed by atoms with van der Waals surface area (Å²) in [7, 11) is 1.61. The van der Waals surface area contributed by atoms with E-state index in [1.54, 1.807) is 19.2 Å². The van der Waals surface area contributed by atoms with Gasteiger partial charge in [0.1, 0.15) is 5.75 Å². The Morgan fingerprint density at radius 2 is 1.67 bits per heavy atom. The number of amides is 2. The monoisotopic (exact) mass is 326 g/mol.